The van der Waals surface area contributed by atoms with Crippen LogP contribution in [0.3, 0.4) is 0 Å². The van der Waals surface area contributed by atoms with Crippen LogP contribution in [-0.2, 0) is 10.3 Å². The van der Waals surface area contributed by atoms with E-state index in [9.17, 15) is 4.79 Å². The zero-order valence-electron chi connectivity index (χ0n) is 11.6. The lowest BCUT2D eigenvalue weighted by atomic mass is 10.1. The maximum Gasteiger partial charge on any atom is 0.313 e. The zero-order valence-corrected chi connectivity index (χ0v) is 12.4. The van der Waals surface area contributed by atoms with Crippen molar-refractivity contribution in [1.29, 1.82) is 0 Å². The van der Waals surface area contributed by atoms with Crippen molar-refractivity contribution in [2.75, 3.05) is 5.75 Å². The third-order valence-electron chi connectivity index (χ3n) is 2.85. The minimum absolute atomic E-state index is 0.0262. The molecule has 0 fully saturated rings. The average Bonchev–Trinajstić information content (AvgIpc) is 2.66. The van der Waals surface area contributed by atoms with Gasteiger partial charge in [-0.1, -0.05) is 23.9 Å². The van der Waals surface area contributed by atoms with Gasteiger partial charge in [0.15, 0.2) is 5.16 Å². The van der Waals surface area contributed by atoms with Gasteiger partial charge in [-0.2, -0.15) is 0 Å². The number of nitrogens with zero attached hydrogens (tertiary/aromatic N) is 2. The summed E-state index contributed by atoms with van der Waals surface area (Å²) < 4.78 is 2.11. The molecule has 0 amide bonds. The van der Waals surface area contributed by atoms with Gasteiger partial charge in [-0.25, -0.2) is 4.98 Å². The molecule has 102 valence electrons. The molecule has 0 atom stereocenters. The highest BCUT2D eigenvalue weighted by Gasteiger charge is 2.22. The number of aryl methyl sites for hydroxylation is 1. The van der Waals surface area contributed by atoms with Gasteiger partial charge >= 0.3 is 5.97 Å². The third kappa shape index (κ3) is 2.76. The van der Waals surface area contributed by atoms with E-state index in [1.165, 1.54) is 11.8 Å². The van der Waals surface area contributed by atoms with Gasteiger partial charge in [-0.15, -0.1) is 0 Å². The van der Waals surface area contributed by atoms with Crippen LogP contribution >= 0.6 is 11.8 Å². The van der Waals surface area contributed by atoms with E-state index in [-0.39, 0.29) is 11.3 Å². The smallest absolute Gasteiger partial charge is 0.313 e. The second kappa shape index (κ2) is 4.89. The van der Waals surface area contributed by atoms with E-state index in [1.54, 1.807) is 0 Å². The summed E-state index contributed by atoms with van der Waals surface area (Å²) >= 11 is 1.27. The number of imidazole rings is 1. The molecular formula is C14H18N2O2S. The van der Waals surface area contributed by atoms with Crippen LogP contribution in [0.2, 0.25) is 0 Å². The summed E-state index contributed by atoms with van der Waals surface area (Å²) in [6.45, 7) is 8.32. The lowest BCUT2D eigenvalue weighted by Crippen LogP contribution is -2.22. The van der Waals surface area contributed by atoms with Gasteiger partial charge in [0.2, 0.25) is 0 Å². The molecule has 19 heavy (non-hydrogen) atoms. The fourth-order valence-corrected chi connectivity index (χ4v) is 3.00. The highest BCUT2D eigenvalue weighted by Crippen LogP contribution is 2.31. The van der Waals surface area contributed by atoms with E-state index in [0.29, 0.717) is 0 Å². The predicted molar refractivity (Wildman–Crippen MR) is 77.8 cm³/mol. The van der Waals surface area contributed by atoms with E-state index in [1.807, 2.05) is 25.1 Å². The number of carboxylic acids is 1. The highest BCUT2D eigenvalue weighted by molar-refractivity contribution is 7.99. The summed E-state index contributed by atoms with van der Waals surface area (Å²) in [7, 11) is 0. The summed E-state index contributed by atoms with van der Waals surface area (Å²) in [4.78, 5) is 15.4. The number of aromatic nitrogens is 2. The molecule has 1 heterocycles. The Labute approximate surface area is 116 Å². The fraction of sp³-hybridized carbons (Fsp3) is 0.429. The van der Waals surface area contributed by atoms with E-state index >= 15 is 0 Å². The Balaban J connectivity index is 2.61. The third-order valence-corrected chi connectivity index (χ3v) is 3.78. The maximum absolute atomic E-state index is 10.8. The Morgan fingerprint density at radius 2 is 2.11 bits per heavy atom. The summed E-state index contributed by atoms with van der Waals surface area (Å²) in [5.74, 6) is -0.799. The van der Waals surface area contributed by atoms with Gasteiger partial charge in [0.05, 0.1) is 16.8 Å². The Kier molecular flexibility index (Phi) is 3.58. The molecule has 0 saturated carbocycles. The number of hydrogen-bond acceptors (Lipinski definition) is 3. The first kappa shape index (κ1) is 13.9. The quantitative estimate of drug-likeness (QED) is 0.875. The largest absolute Gasteiger partial charge is 0.481 e. The van der Waals surface area contributed by atoms with Crippen molar-refractivity contribution in [2.24, 2.45) is 0 Å². The van der Waals surface area contributed by atoms with Crippen LogP contribution in [0.25, 0.3) is 11.0 Å². The molecule has 0 saturated heterocycles. The number of hydrogen-bond donors (Lipinski definition) is 1. The van der Waals surface area contributed by atoms with Crippen LogP contribution in [0.15, 0.2) is 23.4 Å². The number of thioether (sulfide) groups is 1. The second-order valence-corrected chi connectivity index (χ2v) is 6.47. The molecule has 4 nitrogen and oxygen atoms in total. The average molecular weight is 278 g/mol. The molecule has 0 aliphatic heterocycles. The number of fused-ring (bicyclic) bond motifs is 1. The summed E-state index contributed by atoms with van der Waals surface area (Å²) in [6.07, 6.45) is 0. The van der Waals surface area contributed by atoms with Crippen LogP contribution in [0, 0.1) is 6.92 Å². The molecule has 0 aliphatic carbocycles. The molecule has 2 rings (SSSR count). The molecule has 2 aromatic rings. The minimum Gasteiger partial charge on any atom is -0.481 e. The first-order valence-corrected chi connectivity index (χ1v) is 7.12. The number of benzene rings is 1. The SMILES string of the molecule is Cc1cccc2c1nc(SCC(=O)O)n2C(C)(C)C. The molecule has 1 N–H and O–H groups in total. The lowest BCUT2D eigenvalue weighted by Gasteiger charge is -2.24. The van der Waals surface area contributed by atoms with Crippen LogP contribution in [0.5, 0.6) is 0 Å². The zero-order chi connectivity index (χ0) is 14.2. The molecule has 1 aromatic heterocycles. The van der Waals surface area contributed by atoms with Crippen molar-refractivity contribution in [3.8, 4) is 0 Å². The molecule has 0 aliphatic rings. The van der Waals surface area contributed by atoms with Gasteiger partial charge in [-0.05, 0) is 39.3 Å². The van der Waals surface area contributed by atoms with E-state index in [4.69, 9.17) is 5.11 Å². The Morgan fingerprint density at radius 1 is 1.42 bits per heavy atom. The number of para-hydroxylation sites is 1. The van der Waals surface area contributed by atoms with Gasteiger partial charge < -0.3 is 9.67 Å². The number of carbonyl (C=O) groups is 1. The van der Waals surface area contributed by atoms with Crippen molar-refractivity contribution >= 4 is 28.8 Å². The first-order valence-electron chi connectivity index (χ1n) is 6.14. The molecule has 0 radical (unpaired) electrons. The standard InChI is InChI=1S/C14H18N2O2S/c1-9-6-5-7-10-12(9)15-13(19-8-11(17)18)16(10)14(2,3)4/h5-7H,8H2,1-4H3,(H,17,18). The van der Waals surface area contributed by atoms with Gasteiger partial charge in [0.1, 0.15) is 0 Å². The van der Waals surface area contributed by atoms with Crippen molar-refractivity contribution in [1.82, 2.24) is 9.55 Å². The van der Waals surface area contributed by atoms with E-state index in [0.717, 1.165) is 21.8 Å². The number of aliphatic carboxylic acids is 1. The van der Waals surface area contributed by atoms with Crippen molar-refractivity contribution in [3.05, 3.63) is 23.8 Å². The number of rotatable bonds is 3. The monoisotopic (exact) mass is 278 g/mol. The Morgan fingerprint density at radius 3 is 2.68 bits per heavy atom. The van der Waals surface area contributed by atoms with E-state index < -0.39 is 5.97 Å². The summed E-state index contributed by atoms with van der Waals surface area (Å²) in [5, 5.41) is 9.60. The van der Waals surface area contributed by atoms with Gasteiger partial charge in [-0.3, -0.25) is 4.79 Å². The van der Waals surface area contributed by atoms with Crippen LogP contribution in [0.4, 0.5) is 0 Å². The Hall–Kier alpha value is -1.49. The number of carboxylic acid groups (broad SMARTS) is 1. The normalized spacial score (nSPS) is 12.0. The van der Waals surface area contributed by atoms with Crippen molar-refractivity contribution in [3.63, 3.8) is 0 Å². The van der Waals surface area contributed by atoms with Crippen molar-refractivity contribution in [2.45, 2.75) is 38.4 Å². The van der Waals surface area contributed by atoms with Crippen molar-refractivity contribution < 1.29 is 9.90 Å². The second-order valence-electron chi connectivity index (χ2n) is 5.53. The summed E-state index contributed by atoms with van der Waals surface area (Å²) in [6, 6.07) is 6.06. The molecule has 5 heteroatoms. The van der Waals surface area contributed by atoms with E-state index in [2.05, 4.69) is 30.3 Å². The van der Waals surface area contributed by atoms with Gasteiger partial charge in [0, 0.05) is 5.54 Å². The summed E-state index contributed by atoms with van der Waals surface area (Å²) in [5.41, 5.74) is 2.98. The van der Waals surface area contributed by atoms with Crippen LogP contribution < -0.4 is 0 Å². The molecule has 0 bridgehead atoms. The molecular weight excluding hydrogens is 260 g/mol. The lowest BCUT2D eigenvalue weighted by molar-refractivity contribution is -0.133. The molecule has 0 spiro atoms. The minimum atomic E-state index is -0.825. The van der Waals surface area contributed by atoms with Gasteiger partial charge in [0.25, 0.3) is 0 Å². The predicted octanol–water partition coefficient (Wildman–Crippen LogP) is 3.28. The first-order chi connectivity index (χ1) is 8.80. The molecule has 0 unspecified atom stereocenters. The highest BCUT2D eigenvalue weighted by atomic mass is 32.2. The maximum atomic E-state index is 10.8. The topological polar surface area (TPSA) is 55.1 Å². The van der Waals surface area contributed by atoms with Crippen LogP contribution in [-0.4, -0.2) is 26.4 Å². The van der Waals surface area contributed by atoms with Crippen LogP contribution in [0.1, 0.15) is 26.3 Å². The Bertz CT molecular complexity index is 626. The fourth-order valence-electron chi connectivity index (χ4n) is 2.09. The molecule has 1 aromatic carbocycles.